The van der Waals surface area contributed by atoms with Gasteiger partial charge < -0.3 is 58.7 Å². The van der Waals surface area contributed by atoms with Crippen LogP contribution in [0.15, 0.2) is 137 Å². The zero-order valence-electron chi connectivity index (χ0n) is 65.7. The molecule has 33 nitrogen and oxygen atoms in total. The quantitative estimate of drug-likeness (QED) is 0.0121. The fraction of sp³-hybridized carbons (Fsp3) is 0.528. The predicted octanol–water partition coefficient (Wildman–Crippen LogP) is 5.11. The van der Waals surface area contributed by atoms with Gasteiger partial charge in [-0.15, -0.1) is 0 Å². The second kappa shape index (κ2) is 40.5. The van der Waals surface area contributed by atoms with E-state index in [0.29, 0.717) is 6.04 Å². The summed E-state index contributed by atoms with van der Waals surface area (Å²) in [6.45, 7) is 28.3. The van der Waals surface area contributed by atoms with Gasteiger partial charge in [-0.3, -0.25) is 43.9 Å². The number of guanidine groups is 4. The van der Waals surface area contributed by atoms with Crippen molar-refractivity contribution in [2.75, 3.05) is 26.2 Å². The Labute approximate surface area is 649 Å². The van der Waals surface area contributed by atoms with Crippen molar-refractivity contribution in [3.63, 3.8) is 0 Å². The lowest BCUT2D eigenvalue weighted by molar-refractivity contribution is -0.141. The third-order valence-corrected chi connectivity index (χ3v) is 29.3. The van der Waals surface area contributed by atoms with E-state index < -0.39 is 154 Å². The van der Waals surface area contributed by atoms with E-state index in [1.165, 1.54) is 55.5 Å². The molecular formula is C72H113N17O16S4Si. The van der Waals surface area contributed by atoms with Crippen LogP contribution in [-0.4, -0.2) is 164 Å². The summed E-state index contributed by atoms with van der Waals surface area (Å²) in [6.07, 6.45) is -2.28. The highest BCUT2D eigenvalue weighted by Gasteiger charge is 2.58. The molecule has 0 aliphatic rings. The van der Waals surface area contributed by atoms with E-state index in [9.17, 15) is 57.6 Å². The van der Waals surface area contributed by atoms with Crippen molar-refractivity contribution in [3.8, 4) is 0 Å². The smallest absolute Gasteiger partial charge is 0.408 e. The van der Waals surface area contributed by atoms with E-state index >= 15 is 4.79 Å². The predicted molar refractivity (Wildman–Crippen MR) is 426 cm³/mol. The van der Waals surface area contributed by atoms with Crippen LogP contribution in [0.4, 0.5) is 4.79 Å². The molecule has 0 aliphatic carbocycles. The molecule has 17 N–H and O–H groups in total. The van der Waals surface area contributed by atoms with Gasteiger partial charge >= 0.3 is 12.1 Å². The number of benzene rings is 4. The molecule has 0 aromatic heterocycles. The SMILES string of the molecule is Cc1ccc(S(=O)(=O)NC(N)=NCCC[C@H](NC(=O)OC(C)(C)C)C(=O)N[C@@H](CCCN=C(N)NS(=O)(=O)c2ccc(C)cc2)C(=O)N[C@@H](CCCN=C(N)NS(=O)(=O)c2ccc(C)cc2)C(=O)N[C@@H](C)C(=O)N[C@@H](CCCN=C(N)NS(=O)(=O)c2ccc(C)cc2)C(=O)O[Si](CC(C)C)(C(C)(C)C)C(C)(C)C)cc1. The Hall–Kier alpha value is -9.40. The van der Waals surface area contributed by atoms with E-state index in [-0.39, 0.29) is 103 Å². The Balaban J connectivity index is 1.77. The van der Waals surface area contributed by atoms with Crippen LogP contribution in [-0.2, 0) is 73.2 Å². The third kappa shape index (κ3) is 30.5. The van der Waals surface area contributed by atoms with Crippen molar-refractivity contribution in [2.45, 2.75) is 234 Å². The van der Waals surface area contributed by atoms with E-state index in [1.807, 2.05) is 55.4 Å². The fourth-order valence-electron chi connectivity index (χ4n) is 11.4. The molecule has 610 valence electrons. The third-order valence-electron chi connectivity index (χ3n) is 17.0. The van der Waals surface area contributed by atoms with Crippen molar-refractivity contribution < 1.29 is 71.6 Å². The molecule has 110 heavy (non-hydrogen) atoms. The number of hydrogen-bond acceptors (Lipinski definition) is 20. The first-order chi connectivity index (χ1) is 50.8. The molecule has 5 atom stereocenters. The largest absolute Gasteiger partial charge is 0.516 e. The first kappa shape index (κ1) is 93.0. The number of aliphatic imine (C=N–C) groups is 4. The molecule has 5 amide bonds. The van der Waals surface area contributed by atoms with E-state index in [0.717, 1.165) is 22.3 Å². The van der Waals surface area contributed by atoms with Gasteiger partial charge in [-0.2, -0.15) is 0 Å². The van der Waals surface area contributed by atoms with Crippen LogP contribution >= 0.6 is 0 Å². The van der Waals surface area contributed by atoms with Gasteiger partial charge in [0, 0.05) is 26.2 Å². The maximum absolute atomic E-state index is 15.1. The first-order valence-electron chi connectivity index (χ1n) is 35.9. The number of aryl methyl sites for hydroxylation is 4. The molecule has 38 heteroatoms. The number of hydrogen-bond donors (Lipinski definition) is 13. The minimum absolute atomic E-state index is 0.0408. The van der Waals surface area contributed by atoms with Crippen molar-refractivity contribution >= 4 is 108 Å². The lowest BCUT2D eigenvalue weighted by atomic mass is 10.1. The van der Waals surface area contributed by atoms with E-state index in [2.05, 4.69) is 65.4 Å². The molecule has 0 fully saturated rings. The van der Waals surface area contributed by atoms with Crippen LogP contribution < -0.4 is 68.4 Å². The molecular weight excluding hydrogens is 1520 g/mol. The average molecular weight is 1630 g/mol. The maximum atomic E-state index is 15.1. The second-order valence-corrected chi connectivity index (χ2v) is 42.3. The summed E-state index contributed by atoms with van der Waals surface area (Å²) in [4.78, 5) is 104. The molecule has 4 aromatic carbocycles. The molecule has 0 aliphatic heterocycles. The number of amides is 5. The molecule has 4 aromatic rings. The minimum atomic E-state index is -4.22. The van der Waals surface area contributed by atoms with Crippen LogP contribution in [0.3, 0.4) is 0 Å². The van der Waals surface area contributed by atoms with E-state index in [1.54, 1.807) is 97.0 Å². The number of rotatable bonds is 37. The van der Waals surface area contributed by atoms with Crippen LogP contribution in [0.5, 0.6) is 0 Å². The van der Waals surface area contributed by atoms with Crippen LogP contribution in [0, 0.1) is 33.6 Å². The maximum Gasteiger partial charge on any atom is 0.408 e. The van der Waals surface area contributed by atoms with Gasteiger partial charge in [-0.25, -0.2) is 57.4 Å². The van der Waals surface area contributed by atoms with Gasteiger partial charge in [0.05, 0.1) is 19.6 Å². The molecule has 0 bridgehead atoms. The highest BCUT2D eigenvalue weighted by molar-refractivity contribution is 7.91. The summed E-state index contributed by atoms with van der Waals surface area (Å²) in [7, 11) is -19.9. The van der Waals surface area contributed by atoms with Gasteiger partial charge in [-0.05, 0) is 177 Å². The molecule has 0 saturated heterocycles. The zero-order valence-corrected chi connectivity index (χ0v) is 69.9. The fourth-order valence-corrected chi connectivity index (χ4v) is 21.0. The summed E-state index contributed by atoms with van der Waals surface area (Å²) < 4.78 is 127. The van der Waals surface area contributed by atoms with Crippen molar-refractivity contribution in [1.29, 1.82) is 0 Å². The Kier molecular flexibility index (Phi) is 34.2. The normalized spacial score (nSPS) is 14.5. The molecule has 0 radical (unpaired) electrons. The van der Waals surface area contributed by atoms with Crippen LogP contribution in [0.25, 0.3) is 0 Å². The van der Waals surface area contributed by atoms with Gasteiger partial charge in [0.15, 0.2) is 0 Å². The summed E-state index contributed by atoms with van der Waals surface area (Å²) >= 11 is 0. The zero-order chi connectivity index (χ0) is 83.0. The molecule has 0 heterocycles. The molecule has 4 rings (SSSR count). The number of nitrogens with zero attached hydrogens (tertiary/aromatic N) is 4. The topological polar surface area (TPSA) is 519 Å². The summed E-state index contributed by atoms with van der Waals surface area (Å²) in [5.41, 5.74) is 26.4. The van der Waals surface area contributed by atoms with E-state index in [4.69, 9.17) is 32.1 Å². The number of sulfonamides is 4. The van der Waals surface area contributed by atoms with Gasteiger partial charge in [-0.1, -0.05) is 126 Å². The van der Waals surface area contributed by atoms with Gasteiger partial charge in [0.2, 0.25) is 47.5 Å². The number of carbonyl (C=O) groups is 6. The lowest BCUT2D eigenvalue weighted by Gasteiger charge is -2.51. The minimum Gasteiger partial charge on any atom is -0.516 e. The number of nitrogens with two attached hydrogens (primary N) is 4. The summed E-state index contributed by atoms with van der Waals surface area (Å²) in [5, 5.41) is 12.1. The first-order valence-corrected chi connectivity index (χ1v) is 43.9. The Morgan fingerprint density at radius 3 is 0.909 bits per heavy atom. The van der Waals surface area contributed by atoms with Crippen molar-refractivity contribution in [1.82, 2.24) is 45.5 Å². The summed E-state index contributed by atoms with van der Waals surface area (Å²) in [5.74, 6) is -6.58. The average Bonchev–Trinajstić information content (AvgIpc) is 0.749. The Bertz CT molecular complexity index is 4400. The lowest BCUT2D eigenvalue weighted by Crippen LogP contribution is -2.60. The van der Waals surface area contributed by atoms with Gasteiger partial charge in [0.25, 0.3) is 48.4 Å². The number of alkyl carbamates (subject to hydrolysis) is 1. The Morgan fingerprint density at radius 1 is 0.391 bits per heavy atom. The standard InChI is InChI=1S/C72H113N17O16S4Si/c1-46(2)45-110(71(11,12)13,72(14,15)16)105-64(94)59(24-20-44-80-68(76)89-109(102,103)55-39-31-50(6)32-40-55)84-60(90)51(7)81-61(91)56(21-17-41-77-65(73)86-106(96,97)52-33-25-47(3)26-34-52)82-62(92)57(22-18-42-78-66(74)87-107(98,99)53-35-27-48(4)28-36-53)83-63(93)58(85-69(95)104-70(8,9)10)23-19-43-79-67(75)88-108(100,101)54-37-29-49(5)30-38-54/h25-40,46,51,56-59H,17-24,41-45H2,1-16H3,(H,81,91)(H,82,92)(H,83,93)(H,84,90)(H,85,95)(H3,73,77,86)(H3,74,78,87)(H3,75,79,88)(H3,76,80,89)/t51-,56-,57-,58-,59-/m0/s1. The number of ether oxygens (including phenoxy) is 1. The summed E-state index contributed by atoms with van der Waals surface area (Å²) in [6, 6.07) is 16.7. The number of carbonyl (C=O) groups excluding carboxylic acids is 6. The second-order valence-electron chi connectivity index (χ2n) is 30.3. The highest BCUT2D eigenvalue weighted by atomic mass is 32.2. The molecule has 0 saturated carbocycles. The highest BCUT2D eigenvalue weighted by Crippen LogP contribution is 2.55. The van der Waals surface area contributed by atoms with Crippen molar-refractivity contribution in [2.24, 2.45) is 48.8 Å². The van der Waals surface area contributed by atoms with Crippen LogP contribution in [0.1, 0.15) is 157 Å². The number of nitrogens with one attached hydrogen (secondary N) is 9. The van der Waals surface area contributed by atoms with Crippen LogP contribution in [0.2, 0.25) is 16.1 Å². The molecule has 0 spiro atoms. The Morgan fingerprint density at radius 2 is 0.645 bits per heavy atom. The van der Waals surface area contributed by atoms with Gasteiger partial charge in [0.1, 0.15) is 35.8 Å². The molecule has 0 unspecified atom stereocenters. The monoisotopic (exact) mass is 1630 g/mol. The van der Waals surface area contributed by atoms with Crippen molar-refractivity contribution in [3.05, 3.63) is 119 Å².